The highest BCUT2D eigenvalue weighted by Gasteiger charge is 2.53. The number of rotatable bonds is 17. The molecule has 13 nitrogen and oxygen atoms in total. The minimum Gasteiger partial charge on any atom is -0.494 e. The van der Waals surface area contributed by atoms with E-state index in [1.165, 1.54) is 40.5 Å². The number of nitrogens with one attached hydrogen (secondary N) is 1. The second kappa shape index (κ2) is 17.1. The quantitative estimate of drug-likeness (QED) is 0.0680. The predicted octanol–water partition coefficient (Wildman–Crippen LogP) is 5.98. The zero-order valence-electron chi connectivity index (χ0n) is 33.2. The molecule has 13 heteroatoms. The highest BCUT2D eigenvalue weighted by atomic mass is 16.5. The van der Waals surface area contributed by atoms with Gasteiger partial charge < -0.3 is 28.6 Å². The number of carbonyl (C=O) groups excluding carboxylic acids is 4. The van der Waals surface area contributed by atoms with Crippen LogP contribution in [0, 0.1) is 5.41 Å². The van der Waals surface area contributed by atoms with Gasteiger partial charge in [-0.05, 0) is 93.5 Å². The number of fused-ring (bicyclic) bond motifs is 3. The Morgan fingerprint density at radius 1 is 0.931 bits per heavy atom. The summed E-state index contributed by atoms with van der Waals surface area (Å²) in [5.74, 6) is -0.145. The van der Waals surface area contributed by atoms with Crippen molar-refractivity contribution >= 4 is 45.8 Å². The molecular formula is C45H50N6O7. The number of likely N-dealkylation sites (N-methyl/N-ethyl adjacent to an activating group) is 1. The van der Waals surface area contributed by atoms with E-state index < -0.39 is 17.9 Å². The van der Waals surface area contributed by atoms with Crippen LogP contribution in [0.15, 0.2) is 73.2 Å². The number of benzene rings is 2. The molecule has 3 fully saturated rings. The van der Waals surface area contributed by atoms with Crippen molar-refractivity contribution in [2.75, 3.05) is 46.5 Å². The minimum absolute atomic E-state index is 0.159. The van der Waals surface area contributed by atoms with E-state index in [0.717, 1.165) is 81.3 Å². The van der Waals surface area contributed by atoms with E-state index in [1.807, 2.05) is 24.7 Å². The summed E-state index contributed by atoms with van der Waals surface area (Å²) in [4.78, 5) is 61.3. The summed E-state index contributed by atoms with van der Waals surface area (Å²) < 4.78 is 20.2. The van der Waals surface area contributed by atoms with Crippen LogP contribution >= 0.6 is 0 Å². The molecule has 58 heavy (non-hydrogen) atoms. The number of carbonyl (C=O) groups is 4. The Kier molecular flexibility index (Phi) is 11.5. The topological polar surface area (TPSA) is 145 Å². The van der Waals surface area contributed by atoms with E-state index in [0.29, 0.717) is 36.5 Å². The summed E-state index contributed by atoms with van der Waals surface area (Å²) in [7, 11) is 3.59. The number of aromatic nitrogens is 3. The SMILES string of the molecule is CN(C(=O)c1ccc(OCCCCOCCCCN2CC3(CC(Oc4ccc(-c5ccc6c7cnccc7n(C)c6c5)cn4)C3)C2)cc1C=O)C1CCC(=O)NC1=O. The number of likely N-dealkylation sites (tertiary alicyclic amines) is 1. The summed E-state index contributed by atoms with van der Waals surface area (Å²) in [5.41, 5.74) is 5.31. The zero-order valence-corrected chi connectivity index (χ0v) is 33.2. The molecule has 1 spiro atoms. The number of aryl methyl sites for hydroxylation is 1. The van der Waals surface area contributed by atoms with Crippen LogP contribution in [0.4, 0.5) is 0 Å². The highest BCUT2D eigenvalue weighted by molar-refractivity contribution is 6.09. The molecule has 1 unspecified atom stereocenters. The fourth-order valence-corrected chi connectivity index (χ4v) is 8.78. The van der Waals surface area contributed by atoms with Gasteiger partial charge in [0.15, 0.2) is 6.29 Å². The average Bonchev–Trinajstić information content (AvgIpc) is 3.49. The summed E-state index contributed by atoms with van der Waals surface area (Å²) in [5, 5.41) is 4.62. The molecular weight excluding hydrogens is 737 g/mol. The van der Waals surface area contributed by atoms with Crippen LogP contribution in [0.1, 0.15) is 72.1 Å². The van der Waals surface area contributed by atoms with Gasteiger partial charge in [0.05, 0.1) is 17.7 Å². The number of ether oxygens (including phenoxy) is 3. The molecule has 1 saturated carbocycles. The Balaban J connectivity index is 0.666. The van der Waals surface area contributed by atoms with E-state index in [-0.39, 0.29) is 36.0 Å². The number of imide groups is 1. The number of pyridine rings is 2. The van der Waals surface area contributed by atoms with Crippen molar-refractivity contribution in [1.82, 2.24) is 29.7 Å². The maximum atomic E-state index is 13.1. The van der Waals surface area contributed by atoms with Crippen LogP contribution in [-0.2, 0) is 21.4 Å². The first-order valence-corrected chi connectivity index (χ1v) is 20.3. The van der Waals surface area contributed by atoms with E-state index in [4.69, 9.17) is 14.2 Å². The van der Waals surface area contributed by atoms with Crippen LogP contribution in [0.5, 0.6) is 11.6 Å². The van der Waals surface area contributed by atoms with Crippen LogP contribution in [0.3, 0.4) is 0 Å². The summed E-state index contributed by atoms with van der Waals surface area (Å²) in [6.07, 6.45) is 12.9. The molecule has 5 aromatic rings. The average molecular weight is 787 g/mol. The van der Waals surface area contributed by atoms with Crippen molar-refractivity contribution < 1.29 is 33.4 Å². The standard InChI is InChI=1S/C45H50N6O7/c1-49-38-15-16-46-26-37(38)36-10-7-30(22-40(36)49)31-8-14-42(47-25-31)58-34-23-45(24-34)28-51(29-45)17-3-4-18-56-19-5-6-20-57-33-9-11-35(32(21-33)27-52)44(55)50(2)39-12-13-41(53)48-43(39)54/h7-11,14-16,21-22,25-27,34,39H,3-6,12-13,17-20,23-24,28-29H2,1-2H3,(H,48,53,54). The monoisotopic (exact) mass is 786 g/mol. The van der Waals surface area contributed by atoms with Gasteiger partial charge in [-0.2, -0.15) is 0 Å². The molecule has 0 radical (unpaired) electrons. The first kappa shape index (κ1) is 39.2. The molecule has 1 aliphatic carbocycles. The van der Waals surface area contributed by atoms with Gasteiger partial charge >= 0.3 is 0 Å². The molecule has 2 aliphatic heterocycles. The lowest BCUT2D eigenvalue weighted by molar-refractivity contribution is -0.136. The number of piperidine rings is 1. The second-order valence-electron chi connectivity index (χ2n) is 16.1. The second-order valence-corrected chi connectivity index (χ2v) is 16.1. The van der Waals surface area contributed by atoms with Crippen molar-refractivity contribution in [3.8, 4) is 22.8 Å². The molecule has 302 valence electrons. The van der Waals surface area contributed by atoms with E-state index in [1.54, 1.807) is 6.07 Å². The lowest BCUT2D eigenvalue weighted by Gasteiger charge is -2.58. The Morgan fingerprint density at radius 3 is 2.50 bits per heavy atom. The number of hydrogen-bond acceptors (Lipinski definition) is 10. The van der Waals surface area contributed by atoms with Crippen LogP contribution < -0.4 is 14.8 Å². The third kappa shape index (κ3) is 8.32. The number of hydrogen-bond donors (Lipinski definition) is 1. The van der Waals surface area contributed by atoms with Gasteiger partial charge in [-0.15, -0.1) is 0 Å². The largest absolute Gasteiger partial charge is 0.494 e. The van der Waals surface area contributed by atoms with Crippen molar-refractivity contribution in [2.24, 2.45) is 12.5 Å². The van der Waals surface area contributed by atoms with Gasteiger partial charge in [-0.3, -0.25) is 29.5 Å². The van der Waals surface area contributed by atoms with Crippen molar-refractivity contribution in [3.05, 3.63) is 84.3 Å². The van der Waals surface area contributed by atoms with E-state index in [9.17, 15) is 19.2 Å². The minimum atomic E-state index is -0.767. The van der Waals surface area contributed by atoms with Gasteiger partial charge in [0.1, 0.15) is 17.9 Å². The Bertz CT molecular complexity index is 2310. The zero-order chi connectivity index (χ0) is 40.2. The number of unbranched alkanes of at least 4 members (excludes halogenated alkanes) is 2. The first-order chi connectivity index (χ1) is 28.2. The number of nitrogens with zero attached hydrogens (tertiary/aromatic N) is 5. The normalized spacial score (nSPS) is 17.9. The first-order valence-electron chi connectivity index (χ1n) is 20.3. The fourth-order valence-electron chi connectivity index (χ4n) is 8.78. The smallest absolute Gasteiger partial charge is 0.255 e. The molecule has 1 atom stereocenters. The van der Waals surface area contributed by atoms with Crippen LogP contribution in [0.25, 0.3) is 32.9 Å². The predicted molar refractivity (Wildman–Crippen MR) is 219 cm³/mol. The third-order valence-electron chi connectivity index (χ3n) is 11.9. The van der Waals surface area contributed by atoms with E-state index >= 15 is 0 Å². The Hall–Kier alpha value is -5.66. The molecule has 0 bridgehead atoms. The number of aldehydes is 1. The van der Waals surface area contributed by atoms with Crippen molar-refractivity contribution in [1.29, 1.82) is 0 Å². The highest BCUT2D eigenvalue weighted by Crippen LogP contribution is 2.49. The molecule has 3 aliphatic rings. The molecule has 3 aromatic heterocycles. The summed E-state index contributed by atoms with van der Waals surface area (Å²) >= 11 is 0. The van der Waals surface area contributed by atoms with Gasteiger partial charge in [0.2, 0.25) is 17.7 Å². The lowest BCUT2D eigenvalue weighted by Crippen LogP contribution is -2.64. The third-order valence-corrected chi connectivity index (χ3v) is 11.9. The maximum absolute atomic E-state index is 13.1. The van der Waals surface area contributed by atoms with Crippen LogP contribution in [0.2, 0.25) is 0 Å². The maximum Gasteiger partial charge on any atom is 0.255 e. The fraction of sp³-hybridized carbons (Fsp3) is 0.422. The van der Waals surface area contributed by atoms with Gasteiger partial charge in [-0.25, -0.2) is 4.98 Å². The van der Waals surface area contributed by atoms with Crippen molar-refractivity contribution in [2.45, 2.75) is 63.5 Å². The number of amides is 3. The molecule has 2 saturated heterocycles. The molecule has 5 heterocycles. The Morgan fingerprint density at radius 2 is 1.72 bits per heavy atom. The molecule has 8 rings (SSSR count). The molecule has 2 aromatic carbocycles. The van der Waals surface area contributed by atoms with Crippen LogP contribution in [-0.4, -0.2) is 107 Å². The molecule has 1 N–H and O–H groups in total. The Labute approximate surface area is 337 Å². The van der Waals surface area contributed by atoms with Gasteiger partial charge in [0, 0.05) is 104 Å². The summed E-state index contributed by atoms with van der Waals surface area (Å²) in [6, 6.07) is 16.6. The summed E-state index contributed by atoms with van der Waals surface area (Å²) in [6.45, 7) is 5.23. The van der Waals surface area contributed by atoms with Gasteiger partial charge in [-0.1, -0.05) is 12.1 Å². The molecule has 3 amide bonds. The van der Waals surface area contributed by atoms with Gasteiger partial charge in [0.25, 0.3) is 5.91 Å². The van der Waals surface area contributed by atoms with Crippen molar-refractivity contribution in [3.63, 3.8) is 0 Å². The van der Waals surface area contributed by atoms with E-state index in [2.05, 4.69) is 62.1 Å². The lowest BCUT2D eigenvalue weighted by atomic mass is 9.61.